The molecule has 3 aromatic carbocycles. The van der Waals surface area contributed by atoms with E-state index in [0.717, 1.165) is 17.2 Å². The molecule has 0 saturated carbocycles. The number of hydrogen-bond acceptors (Lipinski definition) is 6. The molecular formula is C30H28F3N5O3. The Morgan fingerprint density at radius 1 is 0.902 bits per heavy atom. The van der Waals surface area contributed by atoms with E-state index in [1.807, 2.05) is 30.3 Å². The Hall–Kier alpha value is -4.51. The number of nitrogens with zero attached hydrogens (tertiary/aromatic N) is 4. The first-order valence-corrected chi connectivity index (χ1v) is 13.1. The van der Waals surface area contributed by atoms with Crippen LogP contribution >= 0.6 is 0 Å². The van der Waals surface area contributed by atoms with Gasteiger partial charge in [0.2, 0.25) is 0 Å². The van der Waals surface area contributed by atoms with Gasteiger partial charge in [-0.2, -0.15) is 13.2 Å². The summed E-state index contributed by atoms with van der Waals surface area (Å²) in [6.45, 7) is 2.13. The van der Waals surface area contributed by atoms with Gasteiger partial charge in [-0.1, -0.05) is 6.07 Å². The van der Waals surface area contributed by atoms with Gasteiger partial charge in [0.25, 0.3) is 0 Å². The first-order valence-electron chi connectivity index (χ1n) is 13.1. The Bertz CT molecular complexity index is 1820. The first kappa shape index (κ1) is 26.7. The average Bonchev–Trinajstić information content (AvgIpc) is 3.25. The molecule has 5 aromatic rings. The fourth-order valence-electron chi connectivity index (χ4n) is 5.46. The number of aromatic nitrogens is 3. The van der Waals surface area contributed by atoms with Crippen molar-refractivity contribution >= 4 is 27.6 Å². The third-order valence-electron chi connectivity index (χ3n) is 7.57. The van der Waals surface area contributed by atoms with Gasteiger partial charge in [0.05, 0.1) is 48.2 Å². The van der Waals surface area contributed by atoms with Gasteiger partial charge in [-0.15, -0.1) is 0 Å². The highest BCUT2D eigenvalue weighted by Gasteiger charge is 2.36. The van der Waals surface area contributed by atoms with Crippen molar-refractivity contribution in [3.63, 3.8) is 0 Å². The molecule has 0 radical (unpaired) electrons. The number of benzene rings is 3. The van der Waals surface area contributed by atoms with Crippen LogP contribution in [0.3, 0.4) is 0 Å². The van der Waals surface area contributed by atoms with Gasteiger partial charge < -0.3 is 19.7 Å². The fourth-order valence-corrected chi connectivity index (χ4v) is 5.46. The normalized spacial score (nSPS) is 14.1. The van der Waals surface area contributed by atoms with Crippen LogP contribution in [0.1, 0.15) is 5.56 Å². The molecule has 0 unspecified atom stereocenters. The number of rotatable bonds is 5. The number of nitrogens with one attached hydrogen (secondary N) is 1. The number of hydrogen-bond donors (Lipinski definition) is 1. The van der Waals surface area contributed by atoms with Crippen LogP contribution in [0, 0.1) is 0 Å². The number of piperazine rings is 1. The first-order chi connectivity index (χ1) is 19.7. The Labute approximate surface area is 233 Å². The number of alkyl halides is 3. The van der Waals surface area contributed by atoms with Crippen molar-refractivity contribution in [2.75, 3.05) is 45.3 Å². The molecule has 0 atom stereocenters. The van der Waals surface area contributed by atoms with Crippen molar-refractivity contribution in [2.45, 2.75) is 6.18 Å². The molecule has 212 valence electrons. The van der Waals surface area contributed by atoms with Crippen molar-refractivity contribution in [1.29, 1.82) is 0 Å². The third-order valence-corrected chi connectivity index (χ3v) is 7.57. The van der Waals surface area contributed by atoms with Gasteiger partial charge in [0.15, 0.2) is 0 Å². The highest BCUT2D eigenvalue weighted by Crippen LogP contribution is 2.39. The minimum absolute atomic E-state index is 0.108. The Kier molecular flexibility index (Phi) is 6.61. The predicted octanol–water partition coefficient (Wildman–Crippen LogP) is 4.99. The molecule has 1 aliphatic rings. The lowest BCUT2D eigenvalue weighted by Crippen LogP contribution is -2.44. The minimum atomic E-state index is -4.60. The maximum atomic E-state index is 14.4. The predicted molar refractivity (Wildman–Crippen MR) is 152 cm³/mol. The molecular weight excluding hydrogens is 535 g/mol. The molecule has 0 amide bonds. The fraction of sp³-hybridized carbons (Fsp3) is 0.267. The standard InChI is InChI=1S/C30H28F3N5O3/c1-36-27-17-35-25-6-4-18(19-12-21(40-2)16-22(13-19)41-3)14-23(25)28(27)38(29(36)39)20-5-7-26(24(15-20)30(31,32)33)37-10-8-34-9-11-37/h4-7,12-17,34H,8-11H2,1-3H3. The molecule has 1 saturated heterocycles. The molecule has 6 rings (SSSR count). The van der Waals surface area contributed by atoms with E-state index in [2.05, 4.69) is 10.3 Å². The molecule has 2 aromatic heterocycles. The smallest absolute Gasteiger partial charge is 0.418 e. The lowest BCUT2D eigenvalue weighted by molar-refractivity contribution is -0.137. The summed E-state index contributed by atoms with van der Waals surface area (Å²) in [5.74, 6) is 1.22. The van der Waals surface area contributed by atoms with Crippen LogP contribution in [0.2, 0.25) is 0 Å². The zero-order valence-corrected chi connectivity index (χ0v) is 22.7. The molecule has 0 aliphatic carbocycles. The molecule has 1 fully saturated rings. The number of pyridine rings is 1. The van der Waals surface area contributed by atoms with Crippen LogP contribution in [0.25, 0.3) is 38.8 Å². The van der Waals surface area contributed by atoms with E-state index in [4.69, 9.17) is 9.47 Å². The van der Waals surface area contributed by atoms with Gasteiger partial charge in [0.1, 0.15) is 11.5 Å². The van der Waals surface area contributed by atoms with Gasteiger partial charge in [0, 0.05) is 50.4 Å². The summed E-state index contributed by atoms with van der Waals surface area (Å²) >= 11 is 0. The van der Waals surface area contributed by atoms with E-state index >= 15 is 0 Å². The molecule has 0 spiro atoms. The lowest BCUT2D eigenvalue weighted by atomic mass is 10.0. The Morgan fingerprint density at radius 2 is 1.61 bits per heavy atom. The maximum Gasteiger partial charge on any atom is 0.418 e. The molecule has 1 N–H and O–H groups in total. The zero-order chi connectivity index (χ0) is 28.9. The second-order valence-corrected chi connectivity index (χ2v) is 9.94. The van der Waals surface area contributed by atoms with E-state index < -0.39 is 17.4 Å². The van der Waals surface area contributed by atoms with Crippen molar-refractivity contribution < 1.29 is 22.6 Å². The van der Waals surface area contributed by atoms with Gasteiger partial charge in [-0.25, -0.2) is 4.79 Å². The third kappa shape index (κ3) is 4.65. The number of aryl methyl sites for hydroxylation is 1. The van der Waals surface area contributed by atoms with Crippen LogP contribution in [0.15, 0.2) is 65.6 Å². The SMILES string of the molecule is COc1cc(OC)cc(-c2ccc3ncc4c(c3c2)n(-c2ccc(N3CCNCC3)c(C(F)(F)F)c2)c(=O)n4C)c1. The Balaban J connectivity index is 1.59. The molecule has 1 aliphatic heterocycles. The van der Waals surface area contributed by atoms with Gasteiger partial charge in [-0.05, 0) is 53.6 Å². The monoisotopic (exact) mass is 563 g/mol. The summed E-state index contributed by atoms with van der Waals surface area (Å²) in [5.41, 5.74) is 2.19. The quantitative estimate of drug-likeness (QED) is 0.325. The van der Waals surface area contributed by atoms with Crippen molar-refractivity contribution in [1.82, 2.24) is 19.4 Å². The lowest BCUT2D eigenvalue weighted by Gasteiger charge is -2.31. The van der Waals surface area contributed by atoms with Crippen molar-refractivity contribution in [3.05, 3.63) is 76.8 Å². The zero-order valence-electron chi connectivity index (χ0n) is 22.7. The highest BCUT2D eigenvalue weighted by atomic mass is 19.4. The summed E-state index contributed by atoms with van der Waals surface area (Å²) in [6.07, 6.45) is -3.03. The van der Waals surface area contributed by atoms with E-state index in [9.17, 15) is 18.0 Å². The molecule has 3 heterocycles. The number of fused-ring (bicyclic) bond motifs is 3. The number of methoxy groups -OCH3 is 2. The Morgan fingerprint density at radius 3 is 2.27 bits per heavy atom. The highest BCUT2D eigenvalue weighted by molar-refractivity contribution is 6.04. The van der Waals surface area contributed by atoms with E-state index in [1.54, 1.807) is 44.5 Å². The van der Waals surface area contributed by atoms with E-state index in [0.29, 0.717) is 59.6 Å². The topological polar surface area (TPSA) is 73.6 Å². The number of halogens is 3. The van der Waals surface area contributed by atoms with Crippen LogP contribution in [-0.2, 0) is 13.2 Å². The second-order valence-electron chi connectivity index (χ2n) is 9.94. The summed E-state index contributed by atoms with van der Waals surface area (Å²) < 4.78 is 56.7. The van der Waals surface area contributed by atoms with Crippen LogP contribution in [0.5, 0.6) is 11.5 Å². The average molecular weight is 564 g/mol. The summed E-state index contributed by atoms with van der Waals surface area (Å²) in [6, 6.07) is 15.2. The largest absolute Gasteiger partial charge is 0.497 e. The molecule has 41 heavy (non-hydrogen) atoms. The van der Waals surface area contributed by atoms with Crippen molar-refractivity contribution in [3.8, 4) is 28.3 Å². The maximum absolute atomic E-state index is 14.4. The molecule has 0 bridgehead atoms. The van der Waals surface area contributed by atoms with Gasteiger partial charge in [-0.3, -0.25) is 14.1 Å². The molecule has 8 nitrogen and oxygen atoms in total. The summed E-state index contributed by atoms with van der Waals surface area (Å²) in [7, 11) is 4.72. The van der Waals surface area contributed by atoms with Crippen molar-refractivity contribution in [2.24, 2.45) is 7.05 Å². The van der Waals surface area contributed by atoms with E-state index in [1.165, 1.54) is 15.2 Å². The van der Waals surface area contributed by atoms with E-state index in [-0.39, 0.29) is 11.4 Å². The number of ether oxygens (including phenoxy) is 2. The number of anilines is 1. The molecule has 11 heteroatoms. The van der Waals surface area contributed by atoms with Crippen LogP contribution < -0.4 is 25.4 Å². The minimum Gasteiger partial charge on any atom is -0.497 e. The summed E-state index contributed by atoms with van der Waals surface area (Å²) in [4.78, 5) is 19.8. The second kappa shape index (κ2) is 10.2. The van der Waals surface area contributed by atoms with Gasteiger partial charge >= 0.3 is 11.9 Å². The van der Waals surface area contributed by atoms with Crippen LogP contribution in [-0.4, -0.2) is 54.5 Å². The number of imidazole rings is 1. The summed E-state index contributed by atoms with van der Waals surface area (Å²) in [5, 5.41) is 3.79. The van der Waals surface area contributed by atoms with Crippen LogP contribution in [0.4, 0.5) is 18.9 Å².